The minimum atomic E-state index is 0.0298. The average molecular weight is 612 g/mol. The Morgan fingerprint density at radius 2 is 1.82 bits per heavy atom. The van der Waals surface area contributed by atoms with E-state index in [1.165, 1.54) is 40.9 Å². The van der Waals surface area contributed by atoms with Crippen molar-refractivity contribution in [1.82, 2.24) is 19.8 Å². The Labute approximate surface area is 266 Å². The number of fused-ring (bicyclic) bond motifs is 2. The van der Waals surface area contributed by atoms with Crippen LogP contribution in [0.25, 0.3) is 10.8 Å². The highest BCUT2D eigenvalue weighted by Crippen LogP contribution is 2.35. The highest BCUT2D eigenvalue weighted by atomic mass is 16.5. The first-order valence-corrected chi connectivity index (χ1v) is 15.9. The number of carbonyl (C=O) groups excluding carboxylic acids is 1. The van der Waals surface area contributed by atoms with Crippen LogP contribution in [-0.4, -0.2) is 98.4 Å². The van der Waals surface area contributed by atoms with E-state index in [1.54, 1.807) is 25.3 Å². The molecule has 2 aromatic carbocycles. The number of methoxy groups -OCH3 is 1. The maximum absolute atomic E-state index is 12.6. The normalized spacial score (nSPS) is 18.5. The van der Waals surface area contributed by atoms with Crippen LogP contribution < -0.4 is 14.5 Å². The second-order valence-corrected chi connectivity index (χ2v) is 11.9. The lowest BCUT2D eigenvalue weighted by atomic mass is 9.99. The van der Waals surface area contributed by atoms with E-state index in [0.717, 1.165) is 50.5 Å². The Bertz CT molecular complexity index is 1540. The summed E-state index contributed by atoms with van der Waals surface area (Å²) in [7, 11) is 3.79. The van der Waals surface area contributed by atoms with E-state index in [1.807, 2.05) is 4.90 Å². The third-order valence-corrected chi connectivity index (χ3v) is 8.95. The maximum Gasteiger partial charge on any atom is 0.318 e. The fraction of sp³-hybridized carbons (Fsp3) is 0.486. The van der Waals surface area contributed by atoms with Crippen molar-refractivity contribution in [3.63, 3.8) is 0 Å². The number of amides is 1. The largest absolute Gasteiger partial charge is 0.462 e. The van der Waals surface area contributed by atoms with Crippen LogP contribution in [0.5, 0.6) is 6.01 Å². The quantitative estimate of drug-likeness (QED) is 0.344. The van der Waals surface area contributed by atoms with E-state index in [-0.39, 0.29) is 5.91 Å². The Balaban J connectivity index is 0.00000128. The van der Waals surface area contributed by atoms with E-state index in [4.69, 9.17) is 24.7 Å². The molecule has 0 aliphatic carbocycles. The van der Waals surface area contributed by atoms with Crippen molar-refractivity contribution in [2.45, 2.75) is 45.7 Å². The molecule has 0 N–H and O–H groups in total. The lowest BCUT2D eigenvalue weighted by Crippen LogP contribution is -2.49. The fourth-order valence-corrected chi connectivity index (χ4v) is 6.54. The minimum Gasteiger partial charge on any atom is -0.462 e. The maximum atomic E-state index is 12.6. The van der Waals surface area contributed by atoms with Crippen molar-refractivity contribution in [3.05, 3.63) is 65.4 Å². The number of nitrogens with zero attached hydrogens (tertiary/aromatic N) is 7. The molecule has 10 heteroatoms. The number of anilines is 2. The zero-order valence-electron chi connectivity index (χ0n) is 27.0. The first-order valence-electron chi connectivity index (χ1n) is 15.9. The smallest absolute Gasteiger partial charge is 0.318 e. The Morgan fingerprint density at radius 1 is 1.07 bits per heavy atom. The number of likely N-dealkylation sites (N-methyl/N-ethyl adjacent to an activating group) is 1. The van der Waals surface area contributed by atoms with Crippen LogP contribution in [0.15, 0.2) is 48.6 Å². The van der Waals surface area contributed by atoms with Gasteiger partial charge in [-0.05, 0) is 56.8 Å². The standard InChI is InChI=1S/C33H42N6O3.C2H3N/c1-24-8-4-9-25-10-5-12-29(31(24)25)39-16-14-27-28(22-39)34-33(42-23-26-11-6-15-36(26)2)35-32(27)38-19-17-37(18-20-38)30(40)13-7-21-41-3;1-2-3/h4-5,7-10,12-13,26H,6,11,14-23H2,1-3H3;1H3/b13-7+;. The summed E-state index contributed by atoms with van der Waals surface area (Å²) in [5.41, 5.74) is 4.77. The van der Waals surface area contributed by atoms with Gasteiger partial charge in [0, 0.05) is 75.5 Å². The molecule has 3 aliphatic heterocycles. The van der Waals surface area contributed by atoms with Crippen LogP contribution in [0.2, 0.25) is 0 Å². The van der Waals surface area contributed by atoms with Crippen molar-refractivity contribution in [2.24, 2.45) is 0 Å². The number of aryl methyl sites for hydroxylation is 1. The molecule has 2 saturated heterocycles. The molecule has 2 fully saturated rings. The van der Waals surface area contributed by atoms with Crippen LogP contribution in [0.4, 0.5) is 11.5 Å². The summed E-state index contributed by atoms with van der Waals surface area (Å²) in [6.45, 7) is 10.1. The van der Waals surface area contributed by atoms with Gasteiger partial charge in [0.15, 0.2) is 0 Å². The fourth-order valence-electron chi connectivity index (χ4n) is 6.54. The van der Waals surface area contributed by atoms with Crippen molar-refractivity contribution < 1.29 is 14.3 Å². The van der Waals surface area contributed by atoms with E-state index in [9.17, 15) is 4.79 Å². The average Bonchev–Trinajstić information content (AvgIpc) is 3.47. The van der Waals surface area contributed by atoms with Crippen LogP contribution in [0.1, 0.15) is 36.6 Å². The first-order chi connectivity index (χ1) is 21.9. The van der Waals surface area contributed by atoms with Crippen molar-refractivity contribution in [1.29, 1.82) is 5.26 Å². The zero-order valence-corrected chi connectivity index (χ0v) is 27.0. The second-order valence-electron chi connectivity index (χ2n) is 11.9. The number of hydrogen-bond acceptors (Lipinski definition) is 9. The molecular weight excluding hydrogens is 566 g/mol. The Hall–Kier alpha value is -4.20. The molecule has 4 heterocycles. The molecule has 1 atom stereocenters. The highest BCUT2D eigenvalue weighted by molar-refractivity contribution is 5.97. The van der Waals surface area contributed by atoms with E-state index in [0.29, 0.717) is 44.9 Å². The zero-order chi connectivity index (χ0) is 31.8. The minimum absolute atomic E-state index is 0.0298. The predicted molar refractivity (Wildman–Crippen MR) is 178 cm³/mol. The number of piperazine rings is 1. The summed E-state index contributed by atoms with van der Waals surface area (Å²) in [4.78, 5) is 31.7. The van der Waals surface area contributed by atoms with Gasteiger partial charge >= 0.3 is 6.01 Å². The number of nitriles is 1. The molecule has 6 rings (SSSR count). The van der Waals surface area contributed by atoms with Gasteiger partial charge in [-0.3, -0.25) is 4.79 Å². The molecule has 1 unspecified atom stereocenters. The van der Waals surface area contributed by atoms with Gasteiger partial charge in [-0.25, -0.2) is 0 Å². The third-order valence-electron chi connectivity index (χ3n) is 8.95. The van der Waals surface area contributed by atoms with Gasteiger partial charge in [0.1, 0.15) is 12.4 Å². The molecule has 1 aromatic heterocycles. The molecule has 0 bridgehead atoms. The lowest BCUT2D eigenvalue weighted by Gasteiger charge is -2.38. The highest BCUT2D eigenvalue weighted by Gasteiger charge is 2.30. The molecule has 238 valence electrons. The third kappa shape index (κ3) is 7.55. The van der Waals surface area contributed by atoms with Crippen LogP contribution in [0.3, 0.4) is 0 Å². The number of benzene rings is 2. The van der Waals surface area contributed by atoms with Gasteiger partial charge in [-0.2, -0.15) is 15.2 Å². The molecule has 3 aromatic rings. The van der Waals surface area contributed by atoms with Gasteiger partial charge in [0.05, 0.1) is 24.9 Å². The summed E-state index contributed by atoms with van der Waals surface area (Å²) in [5.74, 6) is 0.993. The number of carbonyl (C=O) groups is 1. The van der Waals surface area contributed by atoms with Crippen LogP contribution in [0, 0.1) is 18.3 Å². The molecule has 3 aliphatic rings. The molecule has 0 spiro atoms. The topological polar surface area (TPSA) is 98.1 Å². The summed E-state index contributed by atoms with van der Waals surface area (Å²) in [5, 5.41) is 9.88. The van der Waals surface area contributed by atoms with Gasteiger partial charge < -0.3 is 29.1 Å². The summed E-state index contributed by atoms with van der Waals surface area (Å²) >= 11 is 0. The molecule has 0 saturated carbocycles. The molecule has 1 amide bonds. The molecule has 45 heavy (non-hydrogen) atoms. The van der Waals surface area contributed by atoms with Gasteiger partial charge in [0.25, 0.3) is 0 Å². The van der Waals surface area contributed by atoms with Gasteiger partial charge in [0.2, 0.25) is 5.91 Å². The van der Waals surface area contributed by atoms with E-state index < -0.39 is 0 Å². The predicted octanol–water partition coefficient (Wildman–Crippen LogP) is 4.36. The number of rotatable bonds is 8. The van der Waals surface area contributed by atoms with E-state index >= 15 is 0 Å². The van der Waals surface area contributed by atoms with Gasteiger partial charge in [-0.15, -0.1) is 0 Å². The molecular formula is C35H45N7O3. The summed E-state index contributed by atoms with van der Waals surface area (Å²) < 4.78 is 11.3. The molecule has 10 nitrogen and oxygen atoms in total. The number of ether oxygens (including phenoxy) is 2. The van der Waals surface area contributed by atoms with Crippen molar-refractivity contribution >= 4 is 28.2 Å². The van der Waals surface area contributed by atoms with Crippen LogP contribution >= 0.6 is 0 Å². The van der Waals surface area contributed by atoms with Crippen LogP contribution in [-0.2, 0) is 22.5 Å². The number of hydrogen-bond donors (Lipinski definition) is 0. The molecule has 0 radical (unpaired) electrons. The number of aromatic nitrogens is 2. The monoisotopic (exact) mass is 611 g/mol. The Morgan fingerprint density at radius 3 is 2.53 bits per heavy atom. The lowest BCUT2D eigenvalue weighted by molar-refractivity contribution is -0.126. The second kappa shape index (κ2) is 15.2. The summed E-state index contributed by atoms with van der Waals surface area (Å²) in [6.07, 6.45) is 6.57. The summed E-state index contributed by atoms with van der Waals surface area (Å²) in [6, 6.07) is 15.7. The van der Waals surface area contributed by atoms with Crippen molar-refractivity contribution in [3.8, 4) is 12.1 Å². The SMILES string of the molecule is CC#N.COC/C=C/C(=O)N1CCN(c2nc(OCC3CCCN3C)nc3c2CCN(c2cccc4cccc(C)c24)C3)CC1. The number of likely N-dealkylation sites (tertiary alicyclic amines) is 1. The Kier molecular flexibility index (Phi) is 10.9. The van der Waals surface area contributed by atoms with Crippen molar-refractivity contribution in [2.75, 3.05) is 76.4 Å². The van der Waals surface area contributed by atoms with Gasteiger partial charge in [-0.1, -0.05) is 36.4 Å². The van der Waals surface area contributed by atoms with E-state index in [2.05, 4.69) is 65.1 Å². The first kappa shape index (κ1) is 32.2.